The molecule has 0 saturated carbocycles. The Morgan fingerprint density at radius 2 is 1.75 bits per heavy atom. The molecule has 3 amide bonds. The normalized spacial score (nSPS) is 14.8. The Balaban J connectivity index is 2.08. The molecular formula is C26H30ClF2N3O4. The predicted molar refractivity (Wildman–Crippen MR) is 133 cm³/mol. The molecule has 0 unspecified atom stereocenters. The molecule has 0 spiro atoms. The summed E-state index contributed by atoms with van der Waals surface area (Å²) in [6.07, 6.45) is -0.642. The Labute approximate surface area is 214 Å². The molecule has 1 aliphatic rings. The van der Waals surface area contributed by atoms with Gasteiger partial charge in [0.2, 0.25) is 5.91 Å². The average Bonchev–Trinajstić information content (AvgIpc) is 2.74. The summed E-state index contributed by atoms with van der Waals surface area (Å²) in [5.74, 6) is -2.87. The van der Waals surface area contributed by atoms with E-state index in [1.54, 1.807) is 32.9 Å². The molecule has 36 heavy (non-hydrogen) atoms. The third kappa shape index (κ3) is 5.31. The second kappa shape index (κ2) is 10.0. The second-order valence-corrected chi connectivity index (χ2v) is 10.5. The van der Waals surface area contributed by atoms with Crippen molar-refractivity contribution in [2.24, 2.45) is 0 Å². The van der Waals surface area contributed by atoms with Crippen molar-refractivity contribution in [3.05, 3.63) is 63.7 Å². The smallest absolute Gasteiger partial charge is 0.410 e. The molecule has 0 bridgehead atoms. The first-order valence-corrected chi connectivity index (χ1v) is 11.9. The summed E-state index contributed by atoms with van der Waals surface area (Å²) in [4.78, 5) is 40.2. The summed E-state index contributed by atoms with van der Waals surface area (Å²) in [6, 6.07) is 6.58. The number of nitrogens with zero attached hydrogens (tertiary/aromatic N) is 1. The van der Waals surface area contributed by atoms with Crippen LogP contribution in [0.15, 0.2) is 30.3 Å². The fourth-order valence-corrected chi connectivity index (χ4v) is 4.38. The molecule has 2 aromatic rings. The van der Waals surface area contributed by atoms with Gasteiger partial charge in [-0.25, -0.2) is 13.6 Å². The number of hydrogen-bond acceptors (Lipinski definition) is 4. The van der Waals surface area contributed by atoms with E-state index in [2.05, 4.69) is 10.6 Å². The topological polar surface area (TPSA) is 87.7 Å². The molecule has 194 valence electrons. The Morgan fingerprint density at radius 1 is 1.11 bits per heavy atom. The van der Waals surface area contributed by atoms with Gasteiger partial charge in [0, 0.05) is 25.7 Å². The minimum atomic E-state index is -1.50. The van der Waals surface area contributed by atoms with Crippen LogP contribution in [0, 0.1) is 11.6 Å². The first-order chi connectivity index (χ1) is 16.7. The average molecular weight is 522 g/mol. The van der Waals surface area contributed by atoms with E-state index in [1.807, 2.05) is 13.8 Å². The van der Waals surface area contributed by atoms with Crippen LogP contribution < -0.4 is 10.6 Å². The molecule has 2 N–H and O–H groups in total. The van der Waals surface area contributed by atoms with Gasteiger partial charge in [-0.2, -0.15) is 0 Å². The number of carbonyl (C=O) groups is 3. The molecule has 1 fully saturated rings. The van der Waals surface area contributed by atoms with Gasteiger partial charge in [-0.15, -0.1) is 0 Å². The molecule has 0 aromatic heterocycles. The van der Waals surface area contributed by atoms with Crippen LogP contribution in [0.4, 0.5) is 19.3 Å². The highest BCUT2D eigenvalue weighted by Gasteiger charge is 2.55. The van der Waals surface area contributed by atoms with Crippen molar-refractivity contribution < 1.29 is 27.9 Å². The number of carbonyl (C=O) groups excluding carboxylic acids is 3. The van der Waals surface area contributed by atoms with E-state index in [4.69, 9.17) is 16.3 Å². The van der Waals surface area contributed by atoms with Gasteiger partial charge < -0.3 is 20.3 Å². The van der Waals surface area contributed by atoms with Crippen LogP contribution in [0.2, 0.25) is 5.02 Å². The molecule has 1 aliphatic heterocycles. The highest BCUT2D eigenvalue weighted by atomic mass is 35.5. The monoisotopic (exact) mass is 521 g/mol. The van der Waals surface area contributed by atoms with Crippen molar-refractivity contribution in [2.75, 3.05) is 25.5 Å². The lowest BCUT2D eigenvalue weighted by molar-refractivity contribution is -0.127. The summed E-state index contributed by atoms with van der Waals surface area (Å²) < 4.78 is 35.1. The number of rotatable bonds is 5. The SMILES string of the molecule is CNC(=O)c1cc(Cl)c(F)cc1NC(=O)C1(c2c(F)cccc2C(C)C)CN(C(=O)OC(C)(C)C)C1. The van der Waals surface area contributed by atoms with Crippen molar-refractivity contribution >= 4 is 35.2 Å². The maximum absolute atomic E-state index is 15.3. The van der Waals surface area contributed by atoms with E-state index in [-0.39, 0.29) is 40.8 Å². The van der Waals surface area contributed by atoms with Crippen molar-refractivity contribution in [3.8, 4) is 0 Å². The number of anilines is 1. The fourth-order valence-electron chi connectivity index (χ4n) is 4.22. The predicted octanol–water partition coefficient (Wildman–Crippen LogP) is 5.23. The van der Waals surface area contributed by atoms with Gasteiger partial charge in [0.15, 0.2) is 0 Å². The highest BCUT2D eigenvalue weighted by Crippen LogP contribution is 2.42. The van der Waals surface area contributed by atoms with E-state index in [0.29, 0.717) is 5.56 Å². The van der Waals surface area contributed by atoms with Gasteiger partial charge in [-0.05, 0) is 50.5 Å². The minimum absolute atomic E-state index is 0.0617. The Bertz CT molecular complexity index is 1200. The molecule has 1 saturated heterocycles. The summed E-state index contributed by atoms with van der Waals surface area (Å²) in [7, 11) is 1.38. The molecule has 3 rings (SSSR count). The van der Waals surface area contributed by atoms with Gasteiger partial charge in [0.1, 0.15) is 22.7 Å². The molecule has 7 nitrogen and oxygen atoms in total. The van der Waals surface area contributed by atoms with E-state index >= 15 is 4.39 Å². The van der Waals surface area contributed by atoms with Crippen LogP contribution in [0.3, 0.4) is 0 Å². The van der Waals surface area contributed by atoms with Gasteiger partial charge in [-0.1, -0.05) is 37.6 Å². The van der Waals surface area contributed by atoms with Crippen LogP contribution in [0.1, 0.15) is 62.0 Å². The third-order valence-corrected chi connectivity index (χ3v) is 6.22. The van der Waals surface area contributed by atoms with E-state index in [1.165, 1.54) is 18.0 Å². The molecular weight excluding hydrogens is 492 g/mol. The molecule has 1 heterocycles. The first kappa shape index (κ1) is 27.4. The zero-order chi connectivity index (χ0) is 27.0. The van der Waals surface area contributed by atoms with Crippen molar-refractivity contribution in [2.45, 2.75) is 51.6 Å². The zero-order valence-electron chi connectivity index (χ0n) is 21.1. The lowest BCUT2D eigenvalue weighted by Gasteiger charge is -2.49. The Hall–Kier alpha value is -3.20. The van der Waals surface area contributed by atoms with E-state index < -0.39 is 40.6 Å². The maximum atomic E-state index is 15.3. The van der Waals surface area contributed by atoms with Gasteiger partial charge >= 0.3 is 6.09 Å². The molecule has 0 atom stereocenters. The number of halogens is 3. The number of nitrogens with one attached hydrogen (secondary N) is 2. The Kier molecular flexibility index (Phi) is 7.64. The quantitative estimate of drug-likeness (QED) is 0.564. The number of likely N-dealkylation sites (tertiary alicyclic amines) is 1. The lowest BCUT2D eigenvalue weighted by Crippen LogP contribution is -2.67. The van der Waals surface area contributed by atoms with Crippen LogP contribution in [-0.2, 0) is 14.9 Å². The van der Waals surface area contributed by atoms with Gasteiger partial charge in [0.25, 0.3) is 5.91 Å². The van der Waals surface area contributed by atoms with Crippen LogP contribution >= 0.6 is 11.6 Å². The van der Waals surface area contributed by atoms with Crippen molar-refractivity contribution in [1.29, 1.82) is 0 Å². The number of amides is 3. The lowest BCUT2D eigenvalue weighted by atomic mass is 9.69. The van der Waals surface area contributed by atoms with Crippen LogP contribution in [0.5, 0.6) is 0 Å². The summed E-state index contributed by atoms with van der Waals surface area (Å²) >= 11 is 5.86. The second-order valence-electron chi connectivity index (χ2n) is 10.1. The minimum Gasteiger partial charge on any atom is -0.444 e. The summed E-state index contributed by atoms with van der Waals surface area (Å²) in [5, 5.41) is 4.71. The number of hydrogen-bond donors (Lipinski definition) is 2. The molecule has 0 radical (unpaired) electrons. The van der Waals surface area contributed by atoms with E-state index in [0.717, 1.165) is 12.1 Å². The fraction of sp³-hybridized carbons (Fsp3) is 0.423. The molecule has 2 aromatic carbocycles. The Morgan fingerprint density at radius 3 is 2.31 bits per heavy atom. The first-order valence-electron chi connectivity index (χ1n) is 11.5. The third-order valence-electron chi connectivity index (χ3n) is 5.93. The largest absolute Gasteiger partial charge is 0.444 e. The van der Waals surface area contributed by atoms with Crippen LogP contribution in [0.25, 0.3) is 0 Å². The number of ether oxygens (including phenoxy) is 1. The van der Waals surface area contributed by atoms with E-state index in [9.17, 15) is 18.8 Å². The number of benzene rings is 2. The summed E-state index contributed by atoms with van der Waals surface area (Å²) in [5.41, 5.74) is -1.71. The standard InChI is InChI=1S/C26H30ClF2N3O4/c1-14(2)15-8-7-9-18(28)21(15)26(12-32(13-26)24(35)36-25(3,4)5)23(34)31-20-11-19(29)17(27)10-16(20)22(33)30-6/h7-11,14H,12-13H2,1-6H3,(H,30,33)(H,31,34). The molecule has 0 aliphatic carbocycles. The maximum Gasteiger partial charge on any atom is 0.410 e. The zero-order valence-corrected chi connectivity index (χ0v) is 21.8. The van der Waals surface area contributed by atoms with Gasteiger partial charge in [0.05, 0.1) is 16.3 Å². The van der Waals surface area contributed by atoms with Crippen molar-refractivity contribution in [1.82, 2.24) is 10.2 Å². The van der Waals surface area contributed by atoms with Gasteiger partial charge in [-0.3, -0.25) is 9.59 Å². The van der Waals surface area contributed by atoms with Crippen molar-refractivity contribution in [3.63, 3.8) is 0 Å². The highest BCUT2D eigenvalue weighted by molar-refractivity contribution is 6.31. The molecule has 10 heteroatoms. The van der Waals surface area contributed by atoms with Crippen LogP contribution in [-0.4, -0.2) is 48.5 Å². The summed E-state index contributed by atoms with van der Waals surface area (Å²) in [6.45, 7) is 8.55.